The zero-order chi connectivity index (χ0) is 14.7. The Morgan fingerprint density at radius 1 is 1.25 bits per heavy atom. The highest BCUT2D eigenvalue weighted by Crippen LogP contribution is 2.36. The van der Waals surface area contributed by atoms with Gasteiger partial charge in [0.05, 0.1) is 15.5 Å². The first-order chi connectivity index (χ1) is 9.52. The second kappa shape index (κ2) is 6.02. The molecule has 0 saturated heterocycles. The molecule has 0 aliphatic heterocycles. The zero-order valence-electron chi connectivity index (χ0n) is 9.88. The number of aldehydes is 1. The minimum atomic E-state index is -0.564. The maximum Gasteiger partial charge on any atom is 0.312 e. The molecule has 0 spiro atoms. The second-order valence-corrected chi connectivity index (χ2v) is 5.06. The van der Waals surface area contributed by atoms with E-state index in [1.54, 1.807) is 12.1 Å². The fourth-order valence-electron chi connectivity index (χ4n) is 1.56. The van der Waals surface area contributed by atoms with E-state index in [1.807, 2.05) is 0 Å². The SMILES string of the molecule is O=Cc1c(Cl)cccc1Oc1ccc(Br)cc1[N+](=O)[O-]. The third kappa shape index (κ3) is 2.97. The van der Waals surface area contributed by atoms with Gasteiger partial charge in [-0.1, -0.05) is 33.6 Å². The van der Waals surface area contributed by atoms with Gasteiger partial charge in [0.15, 0.2) is 6.29 Å². The van der Waals surface area contributed by atoms with Crippen molar-refractivity contribution in [1.82, 2.24) is 0 Å². The smallest absolute Gasteiger partial charge is 0.312 e. The molecule has 0 saturated carbocycles. The molecule has 0 radical (unpaired) electrons. The number of hydrogen-bond donors (Lipinski definition) is 0. The van der Waals surface area contributed by atoms with Crippen molar-refractivity contribution in [3.05, 3.63) is 61.6 Å². The van der Waals surface area contributed by atoms with Gasteiger partial charge in [0.1, 0.15) is 5.75 Å². The highest BCUT2D eigenvalue weighted by molar-refractivity contribution is 9.10. The Balaban J connectivity index is 2.48. The number of ether oxygens (including phenoxy) is 1. The van der Waals surface area contributed by atoms with E-state index in [0.29, 0.717) is 10.8 Å². The number of nitro groups is 1. The molecule has 0 amide bonds. The van der Waals surface area contributed by atoms with Crippen LogP contribution < -0.4 is 4.74 Å². The Bertz CT molecular complexity index is 690. The van der Waals surface area contributed by atoms with Crippen LogP contribution in [-0.2, 0) is 0 Å². The number of nitrogens with zero attached hydrogens (tertiary/aromatic N) is 1. The molecule has 7 heteroatoms. The van der Waals surface area contributed by atoms with Crippen molar-refractivity contribution in [1.29, 1.82) is 0 Å². The molecule has 0 aliphatic carbocycles. The Labute approximate surface area is 127 Å². The molecule has 0 bridgehead atoms. The lowest BCUT2D eigenvalue weighted by Crippen LogP contribution is -1.96. The van der Waals surface area contributed by atoms with E-state index in [9.17, 15) is 14.9 Å². The highest BCUT2D eigenvalue weighted by Gasteiger charge is 2.18. The van der Waals surface area contributed by atoms with Gasteiger partial charge in [-0.2, -0.15) is 0 Å². The van der Waals surface area contributed by atoms with Crippen molar-refractivity contribution in [3.8, 4) is 11.5 Å². The summed E-state index contributed by atoms with van der Waals surface area (Å²) in [6.07, 6.45) is 0.544. The largest absolute Gasteiger partial charge is 0.449 e. The van der Waals surface area contributed by atoms with E-state index < -0.39 is 4.92 Å². The van der Waals surface area contributed by atoms with Crippen LogP contribution in [0.5, 0.6) is 11.5 Å². The van der Waals surface area contributed by atoms with Crippen molar-refractivity contribution in [2.45, 2.75) is 0 Å². The Kier molecular flexibility index (Phi) is 4.36. The van der Waals surface area contributed by atoms with Crippen LogP contribution in [0.3, 0.4) is 0 Å². The summed E-state index contributed by atoms with van der Waals surface area (Å²) in [5.41, 5.74) is -0.0671. The van der Waals surface area contributed by atoms with Crippen molar-refractivity contribution in [2.24, 2.45) is 0 Å². The number of carbonyl (C=O) groups excluding carboxylic acids is 1. The van der Waals surface area contributed by atoms with Crippen LogP contribution in [0.4, 0.5) is 5.69 Å². The van der Waals surface area contributed by atoms with E-state index in [2.05, 4.69) is 15.9 Å². The predicted molar refractivity (Wildman–Crippen MR) is 77.7 cm³/mol. The van der Waals surface area contributed by atoms with Crippen LogP contribution in [-0.4, -0.2) is 11.2 Å². The lowest BCUT2D eigenvalue weighted by atomic mass is 10.2. The molecule has 0 heterocycles. The number of hydrogen-bond acceptors (Lipinski definition) is 4. The molecular weight excluding hydrogens is 350 g/mol. The standard InChI is InChI=1S/C13H7BrClNO4/c14-8-4-5-13(11(6-8)16(18)19)20-12-3-1-2-10(15)9(12)7-17/h1-7H. The van der Waals surface area contributed by atoms with Crippen LogP contribution in [0.15, 0.2) is 40.9 Å². The summed E-state index contributed by atoms with van der Waals surface area (Å²) < 4.78 is 6.00. The van der Waals surface area contributed by atoms with Gasteiger partial charge in [0.2, 0.25) is 5.75 Å². The van der Waals surface area contributed by atoms with Gasteiger partial charge in [-0.25, -0.2) is 0 Å². The first-order valence-electron chi connectivity index (χ1n) is 5.38. The molecule has 0 aromatic heterocycles. The fourth-order valence-corrected chi connectivity index (χ4v) is 2.12. The van der Waals surface area contributed by atoms with Crippen LogP contribution in [0.2, 0.25) is 5.02 Å². The first kappa shape index (κ1) is 14.5. The minimum absolute atomic E-state index is 0.0311. The molecule has 102 valence electrons. The topological polar surface area (TPSA) is 69.4 Å². The van der Waals surface area contributed by atoms with Crippen LogP contribution in [0.25, 0.3) is 0 Å². The Hall–Kier alpha value is -1.92. The molecule has 0 N–H and O–H groups in total. The van der Waals surface area contributed by atoms with Gasteiger partial charge < -0.3 is 4.74 Å². The second-order valence-electron chi connectivity index (χ2n) is 3.74. The summed E-state index contributed by atoms with van der Waals surface area (Å²) in [5, 5.41) is 11.2. The molecule has 0 atom stereocenters. The maximum atomic E-state index is 11.0. The van der Waals surface area contributed by atoms with Crippen LogP contribution in [0.1, 0.15) is 10.4 Å². The van der Waals surface area contributed by atoms with Gasteiger partial charge in [0, 0.05) is 10.5 Å². The summed E-state index contributed by atoms with van der Waals surface area (Å²) in [6, 6.07) is 9.01. The molecule has 2 aromatic carbocycles. The maximum absolute atomic E-state index is 11.0. The van der Waals surface area contributed by atoms with E-state index in [-0.39, 0.29) is 27.8 Å². The Morgan fingerprint density at radius 3 is 2.65 bits per heavy atom. The Morgan fingerprint density at radius 2 is 2.00 bits per heavy atom. The van der Waals surface area contributed by atoms with Crippen molar-refractivity contribution in [3.63, 3.8) is 0 Å². The van der Waals surface area contributed by atoms with E-state index in [1.165, 1.54) is 24.3 Å². The third-order valence-corrected chi connectivity index (χ3v) is 3.29. The summed E-state index contributed by atoms with van der Waals surface area (Å²) >= 11 is 9.02. The van der Waals surface area contributed by atoms with E-state index in [4.69, 9.17) is 16.3 Å². The monoisotopic (exact) mass is 355 g/mol. The van der Waals surface area contributed by atoms with E-state index in [0.717, 1.165) is 0 Å². The van der Waals surface area contributed by atoms with Crippen LogP contribution in [0, 0.1) is 10.1 Å². The van der Waals surface area contributed by atoms with Crippen molar-refractivity contribution < 1.29 is 14.5 Å². The van der Waals surface area contributed by atoms with Gasteiger partial charge in [-0.05, 0) is 24.3 Å². The summed E-state index contributed by atoms with van der Waals surface area (Å²) in [5.74, 6) is 0.196. The average molecular weight is 357 g/mol. The number of benzene rings is 2. The molecule has 5 nitrogen and oxygen atoms in total. The number of carbonyl (C=O) groups is 1. The highest BCUT2D eigenvalue weighted by atomic mass is 79.9. The quantitative estimate of drug-likeness (QED) is 0.455. The third-order valence-electron chi connectivity index (χ3n) is 2.47. The van der Waals surface area contributed by atoms with Crippen LogP contribution >= 0.6 is 27.5 Å². The molecule has 20 heavy (non-hydrogen) atoms. The number of rotatable bonds is 4. The van der Waals surface area contributed by atoms with Gasteiger partial charge in [0.25, 0.3) is 0 Å². The molecule has 0 aliphatic rings. The number of halogens is 2. The molecule has 2 aromatic rings. The normalized spacial score (nSPS) is 10.1. The molecular formula is C13H7BrClNO4. The molecule has 2 rings (SSSR count). The lowest BCUT2D eigenvalue weighted by molar-refractivity contribution is -0.385. The van der Waals surface area contributed by atoms with Gasteiger partial charge in [-0.15, -0.1) is 0 Å². The number of nitro benzene ring substituents is 1. The summed E-state index contributed by atoms with van der Waals surface area (Å²) in [6.45, 7) is 0. The zero-order valence-corrected chi connectivity index (χ0v) is 12.2. The molecule has 0 unspecified atom stereocenters. The van der Waals surface area contributed by atoms with Crippen molar-refractivity contribution >= 4 is 39.5 Å². The first-order valence-corrected chi connectivity index (χ1v) is 6.55. The van der Waals surface area contributed by atoms with Gasteiger partial charge >= 0.3 is 5.69 Å². The predicted octanol–water partition coefficient (Wildman–Crippen LogP) is 4.62. The average Bonchev–Trinajstić information content (AvgIpc) is 2.41. The summed E-state index contributed by atoms with van der Waals surface area (Å²) in [4.78, 5) is 21.4. The fraction of sp³-hybridized carbons (Fsp3) is 0. The van der Waals surface area contributed by atoms with Gasteiger partial charge in [-0.3, -0.25) is 14.9 Å². The minimum Gasteiger partial charge on any atom is -0.449 e. The summed E-state index contributed by atoms with van der Waals surface area (Å²) in [7, 11) is 0. The van der Waals surface area contributed by atoms with Crippen molar-refractivity contribution in [2.75, 3.05) is 0 Å². The molecule has 0 fully saturated rings. The lowest BCUT2D eigenvalue weighted by Gasteiger charge is -2.09. The van der Waals surface area contributed by atoms with E-state index >= 15 is 0 Å².